The molecule has 1 aromatic carbocycles. The normalized spacial score (nSPS) is 12.1. The lowest BCUT2D eigenvalue weighted by Crippen LogP contribution is -2.10. The van der Waals surface area contributed by atoms with E-state index in [4.69, 9.17) is 10.5 Å². The summed E-state index contributed by atoms with van der Waals surface area (Å²) in [5, 5.41) is 9.56. The van der Waals surface area contributed by atoms with E-state index in [1.54, 1.807) is 12.1 Å². The van der Waals surface area contributed by atoms with Gasteiger partial charge in [-0.3, -0.25) is 0 Å². The quantitative estimate of drug-likeness (QED) is 0.705. The molecule has 0 aromatic heterocycles. The molecule has 1 rings (SSSR count). The fraction of sp³-hybridized carbons (Fsp3) is 0.462. The highest BCUT2D eigenvalue weighted by Crippen LogP contribution is 2.27. The number of carbonyl (C=O) groups excluding carboxylic acids is 1. The molecule has 3 N–H and O–H groups in total. The molecule has 17 heavy (non-hydrogen) atoms. The number of nitrogens with two attached hydrogens (primary N) is 1. The lowest BCUT2D eigenvalue weighted by atomic mass is 10.0. The van der Waals surface area contributed by atoms with E-state index in [9.17, 15) is 9.90 Å². The van der Waals surface area contributed by atoms with Gasteiger partial charge in [-0.2, -0.15) is 0 Å². The standard InChI is InChI=1S/C13H19NO3/c1-10(9-15)2-3-11-4-5-12(16)13(8-11)17-7-6-14/h4-5,8-10,16H,2-3,6-7,14H2,1H3. The predicted molar refractivity (Wildman–Crippen MR) is 66.2 cm³/mol. The number of phenolic OH excluding ortho intramolecular Hbond substituents is 1. The maximum absolute atomic E-state index is 10.5. The van der Waals surface area contributed by atoms with E-state index in [0.717, 1.165) is 24.7 Å². The van der Waals surface area contributed by atoms with Crippen LogP contribution in [0.2, 0.25) is 0 Å². The summed E-state index contributed by atoms with van der Waals surface area (Å²) in [4.78, 5) is 10.5. The van der Waals surface area contributed by atoms with Crippen molar-refractivity contribution in [2.24, 2.45) is 11.7 Å². The van der Waals surface area contributed by atoms with Crippen LogP contribution in [0.5, 0.6) is 11.5 Å². The number of ether oxygens (including phenoxy) is 1. The van der Waals surface area contributed by atoms with E-state index in [1.807, 2.05) is 13.0 Å². The maximum Gasteiger partial charge on any atom is 0.161 e. The highest BCUT2D eigenvalue weighted by Gasteiger charge is 2.05. The smallest absolute Gasteiger partial charge is 0.161 e. The van der Waals surface area contributed by atoms with Gasteiger partial charge < -0.3 is 20.4 Å². The molecule has 0 bridgehead atoms. The highest BCUT2D eigenvalue weighted by molar-refractivity contribution is 5.52. The third-order valence-corrected chi connectivity index (χ3v) is 2.52. The summed E-state index contributed by atoms with van der Waals surface area (Å²) in [6.45, 7) is 2.67. The minimum Gasteiger partial charge on any atom is -0.504 e. The van der Waals surface area contributed by atoms with Crippen LogP contribution in [0.3, 0.4) is 0 Å². The Hall–Kier alpha value is -1.55. The van der Waals surface area contributed by atoms with Gasteiger partial charge in [0, 0.05) is 12.5 Å². The molecule has 94 valence electrons. The van der Waals surface area contributed by atoms with Crippen LogP contribution in [-0.4, -0.2) is 24.5 Å². The summed E-state index contributed by atoms with van der Waals surface area (Å²) < 4.78 is 5.32. The van der Waals surface area contributed by atoms with Crippen LogP contribution < -0.4 is 10.5 Å². The number of phenols is 1. The summed E-state index contributed by atoms with van der Waals surface area (Å²) in [6.07, 6.45) is 2.54. The summed E-state index contributed by atoms with van der Waals surface area (Å²) in [5.74, 6) is 0.620. The number of rotatable bonds is 7. The molecule has 1 aromatic rings. The molecule has 0 aliphatic carbocycles. The molecule has 0 saturated heterocycles. The van der Waals surface area contributed by atoms with Crippen molar-refractivity contribution in [3.8, 4) is 11.5 Å². The number of hydrogen-bond acceptors (Lipinski definition) is 4. The average Bonchev–Trinajstić information content (AvgIpc) is 2.35. The largest absolute Gasteiger partial charge is 0.504 e. The number of benzene rings is 1. The molecule has 1 atom stereocenters. The predicted octanol–water partition coefficient (Wildman–Crippen LogP) is 1.50. The number of aromatic hydroxyl groups is 1. The summed E-state index contributed by atoms with van der Waals surface area (Å²) in [7, 11) is 0. The van der Waals surface area contributed by atoms with Gasteiger partial charge >= 0.3 is 0 Å². The van der Waals surface area contributed by atoms with E-state index >= 15 is 0 Å². The second kappa shape index (κ2) is 6.91. The zero-order valence-corrected chi connectivity index (χ0v) is 10.1. The van der Waals surface area contributed by atoms with Crippen LogP contribution in [0.15, 0.2) is 18.2 Å². The molecule has 0 spiro atoms. The molecule has 4 nitrogen and oxygen atoms in total. The van der Waals surface area contributed by atoms with Crippen molar-refractivity contribution in [3.05, 3.63) is 23.8 Å². The Kier molecular flexibility index (Phi) is 5.49. The fourth-order valence-corrected chi connectivity index (χ4v) is 1.46. The Bertz CT molecular complexity index is 366. The van der Waals surface area contributed by atoms with E-state index in [2.05, 4.69) is 0 Å². The van der Waals surface area contributed by atoms with Gasteiger partial charge in [0.2, 0.25) is 0 Å². The van der Waals surface area contributed by atoms with Crippen molar-refractivity contribution in [1.82, 2.24) is 0 Å². The van der Waals surface area contributed by atoms with Crippen LogP contribution in [0, 0.1) is 5.92 Å². The molecular formula is C13H19NO3. The van der Waals surface area contributed by atoms with E-state index in [0.29, 0.717) is 18.9 Å². The van der Waals surface area contributed by atoms with Crippen LogP contribution >= 0.6 is 0 Å². The zero-order chi connectivity index (χ0) is 12.7. The average molecular weight is 237 g/mol. The van der Waals surface area contributed by atoms with E-state index < -0.39 is 0 Å². The van der Waals surface area contributed by atoms with Crippen molar-refractivity contribution < 1.29 is 14.6 Å². The number of carbonyl (C=O) groups is 1. The third-order valence-electron chi connectivity index (χ3n) is 2.52. The maximum atomic E-state index is 10.5. The lowest BCUT2D eigenvalue weighted by Gasteiger charge is -2.09. The van der Waals surface area contributed by atoms with Crippen LogP contribution in [-0.2, 0) is 11.2 Å². The Morgan fingerprint density at radius 3 is 2.94 bits per heavy atom. The van der Waals surface area contributed by atoms with Gasteiger partial charge in [0.05, 0.1) is 0 Å². The Morgan fingerprint density at radius 1 is 1.53 bits per heavy atom. The first kappa shape index (κ1) is 13.5. The van der Waals surface area contributed by atoms with E-state index in [-0.39, 0.29) is 11.7 Å². The van der Waals surface area contributed by atoms with Crippen LogP contribution in [0.25, 0.3) is 0 Å². The Balaban J connectivity index is 2.64. The lowest BCUT2D eigenvalue weighted by molar-refractivity contribution is -0.110. The van der Waals surface area contributed by atoms with Crippen LogP contribution in [0.1, 0.15) is 18.9 Å². The summed E-state index contributed by atoms with van der Waals surface area (Å²) >= 11 is 0. The molecule has 0 fully saturated rings. The molecule has 1 unspecified atom stereocenters. The van der Waals surface area contributed by atoms with Gasteiger partial charge in [-0.25, -0.2) is 0 Å². The third kappa shape index (κ3) is 4.44. The number of aldehydes is 1. The molecule has 0 amide bonds. The van der Waals surface area contributed by atoms with Crippen LogP contribution in [0.4, 0.5) is 0 Å². The minimum absolute atomic E-state index is 0.0530. The molecule has 4 heteroatoms. The second-order valence-electron chi connectivity index (χ2n) is 4.09. The molecule has 0 saturated carbocycles. The SMILES string of the molecule is CC(C=O)CCc1ccc(O)c(OCCN)c1. The molecule has 0 radical (unpaired) electrons. The van der Waals surface area contributed by atoms with E-state index in [1.165, 1.54) is 0 Å². The number of aryl methyl sites for hydroxylation is 1. The molecular weight excluding hydrogens is 218 g/mol. The first-order chi connectivity index (χ1) is 8.17. The first-order valence-corrected chi connectivity index (χ1v) is 5.77. The van der Waals surface area contributed by atoms with Crippen molar-refractivity contribution >= 4 is 6.29 Å². The van der Waals surface area contributed by atoms with Gasteiger partial charge in [-0.15, -0.1) is 0 Å². The van der Waals surface area contributed by atoms with Gasteiger partial charge in [0.1, 0.15) is 12.9 Å². The van der Waals surface area contributed by atoms with Crippen molar-refractivity contribution in [2.45, 2.75) is 19.8 Å². The van der Waals surface area contributed by atoms with Crippen molar-refractivity contribution in [1.29, 1.82) is 0 Å². The Morgan fingerprint density at radius 2 is 2.29 bits per heavy atom. The summed E-state index contributed by atoms with van der Waals surface area (Å²) in [6, 6.07) is 5.23. The topological polar surface area (TPSA) is 72.5 Å². The highest BCUT2D eigenvalue weighted by atomic mass is 16.5. The van der Waals surface area contributed by atoms with Gasteiger partial charge in [-0.05, 0) is 30.5 Å². The zero-order valence-electron chi connectivity index (χ0n) is 10.1. The molecule has 0 heterocycles. The molecule has 0 aliphatic rings. The number of hydrogen-bond donors (Lipinski definition) is 2. The van der Waals surface area contributed by atoms with Gasteiger partial charge in [0.25, 0.3) is 0 Å². The van der Waals surface area contributed by atoms with Crippen molar-refractivity contribution in [3.63, 3.8) is 0 Å². The van der Waals surface area contributed by atoms with Gasteiger partial charge in [0.15, 0.2) is 11.5 Å². The molecule has 0 aliphatic heterocycles. The minimum atomic E-state index is 0.0530. The fourth-order valence-electron chi connectivity index (χ4n) is 1.46. The van der Waals surface area contributed by atoms with Crippen molar-refractivity contribution in [2.75, 3.05) is 13.2 Å². The summed E-state index contributed by atoms with van der Waals surface area (Å²) in [5.41, 5.74) is 6.38. The monoisotopic (exact) mass is 237 g/mol. The van der Waals surface area contributed by atoms with Gasteiger partial charge in [-0.1, -0.05) is 13.0 Å². The Labute approximate surface area is 101 Å². The second-order valence-corrected chi connectivity index (χ2v) is 4.09. The first-order valence-electron chi connectivity index (χ1n) is 5.77.